The smallest absolute Gasteiger partial charge is 0.140 e. The van der Waals surface area contributed by atoms with Gasteiger partial charge in [-0.1, -0.05) is 30.3 Å². The summed E-state index contributed by atoms with van der Waals surface area (Å²) in [5.74, 6) is 0. The van der Waals surface area contributed by atoms with Crippen LogP contribution in [0.5, 0.6) is 0 Å². The highest BCUT2D eigenvalue weighted by atomic mass is 16.6. The Kier molecular flexibility index (Phi) is 2.34. The first-order valence-electron chi connectivity index (χ1n) is 4.65. The van der Waals surface area contributed by atoms with E-state index in [0.717, 1.165) is 13.2 Å². The number of ether oxygens (including phenoxy) is 2. The Labute approximate surface area is 78.5 Å². The highest BCUT2D eigenvalue weighted by Gasteiger charge is 2.46. The first-order valence-corrected chi connectivity index (χ1v) is 4.65. The number of benzene rings is 1. The Morgan fingerprint density at radius 1 is 1.38 bits per heavy atom. The Bertz CT molecular complexity index is 265. The van der Waals surface area contributed by atoms with Crippen LogP contribution in [0.1, 0.15) is 12.5 Å². The van der Waals surface area contributed by atoms with Crippen LogP contribution < -0.4 is 0 Å². The number of hydrogen-bond donors (Lipinski definition) is 0. The zero-order valence-corrected chi connectivity index (χ0v) is 7.82. The summed E-state index contributed by atoms with van der Waals surface area (Å²) in [6, 6.07) is 10.3. The molecular formula is C11H14O2. The molecule has 1 saturated heterocycles. The molecule has 1 aromatic rings. The molecule has 70 valence electrons. The summed E-state index contributed by atoms with van der Waals surface area (Å²) in [4.78, 5) is 0. The van der Waals surface area contributed by atoms with Crippen LogP contribution in [0.4, 0.5) is 0 Å². The second kappa shape index (κ2) is 3.48. The molecule has 0 saturated carbocycles. The third-order valence-electron chi connectivity index (χ3n) is 2.33. The predicted molar refractivity (Wildman–Crippen MR) is 50.6 cm³/mol. The minimum Gasteiger partial charge on any atom is -0.378 e. The Hall–Kier alpha value is -0.860. The van der Waals surface area contributed by atoms with Gasteiger partial charge >= 0.3 is 0 Å². The summed E-state index contributed by atoms with van der Waals surface area (Å²) in [7, 11) is 0. The minimum absolute atomic E-state index is 0.128. The van der Waals surface area contributed by atoms with Crippen molar-refractivity contribution in [3.63, 3.8) is 0 Å². The standard InChI is InChI=1S/C11H14O2/c1-2-12-8-11(9-13-11)10-6-4-3-5-7-10/h3-7H,2,8-9H2,1H3. The van der Waals surface area contributed by atoms with Gasteiger partial charge in [-0.15, -0.1) is 0 Å². The maximum atomic E-state index is 5.46. The summed E-state index contributed by atoms with van der Waals surface area (Å²) in [5.41, 5.74) is 1.10. The first kappa shape index (κ1) is 8.73. The van der Waals surface area contributed by atoms with Crippen molar-refractivity contribution in [3.8, 4) is 0 Å². The molecule has 0 spiro atoms. The lowest BCUT2D eigenvalue weighted by atomic mass is 10.0. The zero-order valence-electron chi connectivity index (χ0n) is 7.82. The summed E-state index contributed by atoms with van der Waals surface area (Å²) < 4.78 is 10.8. The Balaban J connectivity index is 2.07. The zero-order chi connectivity index (χ0) is 9.15. The number of hydrogen-bond acceptors (Lipinski definition) is 2. The van der Waals surface area contributed by atoms with Crippen molar-refractivity contribution in [3.05, 3.63) is 35.9 Å². The van der Waals surface area contributed by atoms with Crippen molar-refractivity contribution in [1.29, 1.82) is 0 Å². The molecule has 0 radical (unpaired) electrons. The topological polar surface area (TPSA) is 21.8 Å². The van der Waals surface area contributed by atoms with Crippen LogP contribution in [0.25, 0.3) is 0 Å². The molecule has 1 fully saturated rings. The molecular weight excluding hydrogens is 164 g/mol. The van der Waals surface area contributed by atoms with Gasteiger partial charge in [0.25, 0.3) is 0 Å². The third-order valence-corrected chi connectivity index (χ3v) is 2.33. The van der Waals surface area contributed by atoms with E-state index < -0.39 is 0 Å². The highest BCUT2D eigenvalue weighted by Crippen LogP contribution is 2.38. The fourth-order valence-electron chi connectivity index (χ4n) is 1.43. The largest absolute Gasteiger partial charge is 0.378 e. The van der Waals surface area contributed by atoms with Crippen molar-refractivity contribution in [1.82, 2.24) is 0 Å². The van der Waals surface area contributed by atoms with Gasteiger partial charge in [-0.3, -0.25) is 0 Å². The molecule has 13 heavy (non-hydrogen) atoms. The van der Waals surface area contributed by atoms with E-state index in [9.17, 15) is 0 Å². The summed E-state index contributed by atoms with van der Waals surface area (Å²) >= 11 is 0. The second-order valence-electron chi connectivity index (χ2n) is 3.29. The monoisotopic (exact) mass is 178 g/mol. The molecule has 0 aromatic heterocycles. The normalized spacial score (nSPS) is 25.9. The quantitative estimate of drug-likeness (QED) is 0.657. The molecule has 0 bridgehead atoms. The van der Waals surface area contributed by atoms with E-state index in [1.54, 1.807) is 0 Å². The van der Waals surface area contributed by atoms with E-state index >= 15 is 0 Å². The molecule has 0 amide bonds. The van der Waals surface area contributed by atoms with Crippen LogP contribution in [0.15, 0.2) is 30.3 Å². The van der Waals surface area contributed by atoms with Crippen molar-refractivity contribution >= 4 is 0 Å². The molecule has 1 aliphatic rings. The molecule has 0 aliphatic carbocycles. The maximum absolute atomic E-state index is 5.46. The average molecular weight is 178 g/mol. The number of rotatable bonds is 4. The molecule has 0 N–H and O–H groups in total. The minimum atomic E-state index is -0.128. The van der Waals surface area contributed by atoms with Gasteiger partial charge in [-0.25, -0.2) is 0 Å². The van der Waals surface area contributed by atoms with Gasteiger partial charge in [0.2, 0.25) is 0 Å². The van der Waals surface area contributed by atoms with Gasteiger partial charge in [0, 0.05) is 6.61 Å². The van der Waals surface area contributed by atoms with Crippen LogP contribution in [0.2, 0.25) is 0 Å². The lowest BCUT2D eigenvalue weighted by Crippen LogP contribution is -2.16. The first-order chi connectivity index (χ1) is 6.37. The van der Waals surface area contributed by atoms with E-state index in [1.807, 2.05) is 25.1 Å². The Morgan fingerprint density at radius 2 is 2.08 bits per heavy atom. The van der Waals surface area contributed by atoms with Gasteiger partial charge in [0.1, 0.15) is 5.60 Å². The van der Waals surface area contributed by atoms with Gasteiger partial charge < -0.3 is 9.47 Å². The van der Waals surface area contributed by atoms with Crippen molar-refractivity contribution < 1.29 is 9.47 Å². The van der Waals surface area contributed by atoms with E-state index in [2.05, 4.69) is 12.1 Å². The van der Waals surface area contributed by atoms with Crippen molar-refractivity contribution in [2.45, 2.75) is 12.5 Å². The highest BCUT2D eigenvalue weighted by molar-refractivity contribution is 5.26. The third kappa shape index (κ3) is 1.74. The average Bonchev–Trinajstić information content (AvgIpc) is 2.97. The number of epoxide rings is 1. The Morgan fingerprint density at radius 3 is 2.62 bits per heavy atom. The fourth-order valence-corrected chi connectivity index (χ4v) is 1.43. The SMILES string of the molecule is CCOCC1(c2ccccc2)CO1. The van der Waals surface area contributed by atoms with Crippen LogP contribution in [-0.4, -0.2) is 19.8 Å². The van der Waals surface area contributed by atoms with Crippen molar-refractivity contribution in [2.75, 3.05) is 19.8 Å². The molecule has 2 nitrogen and oxygen atoms in total. The van der Waals surface area contributed by atoms with E-state index in [1.165, 1.54) is 5.56 Å². The molecule has 2 heteroatoms. The van der Waals surface area contributed by atoms with Crippen LogP contribution >= 0.6 is 0 Å². The summed E-state index contributed by atoms with van der Waals surface area (Å²) in [6.45, 7) is 4.21. The molecule has 1 unspecified atom stereocenters. The van der Waals surface area contributed by atoms with Crippen LogP contribution in [0.3, 0.4) is 0 Å². The molecule has 1 heterocycles. The maximum Gasteiger partial charge on any atom is 0.140 e. The van der Waals surface area contributed by atoms with E-state index in [-0.39, 0.29) is 5.60 Å². The van der Waals surface area contributed by atoms with E-state index in [4.69, 9.17) is 9.47 Å². The fraction of sp³-hybridized carbons (Fsp3) is 0.455. The lowest BCUT2D eigenvalue weighted by molar-refractivity contribution is 0.0865. The lowest BCUT2D eigenvalue weighted by Gasteiger charge is -2.11. The molecule has 1 aliphatic heterocycles. The van der Waals surface area contributed by atoms with Gasteiger partial charge in [-0.05, 0) is 12.5 Å². The summed E-state index contributed by atoms with van der Waals surface area (Å²) in [6.07, 6.45) is 0. The summed E-state index contributed by atoms with van der Waals surface area (Å²) in [5, 5.41) is 0. The molecule has 1 atom stereocenters. The van der Waals surface area contributed by atoms with Crippen molar-refractivity contribution in [2.24, 2.45) is 0 Å². The van der Waals surface area contributed by atoms with Gasteiger partial charge in [0.05, 0.1) is 13.2 Å². The molecule has 2 rings (SSSR count). The predicted octanol–water partition coefficient (Wildman–Crippen LogP) is 1.95. The van der Waals surface area contributed by atoms with Crippen LogP contribution in [0, 0.1) is 0 Å². The second-order valence-corrected chi connectivity index (χ2v) is 3.29. The van der Waals surface area contributed by atoms with Gasteiger partial charge in [0.15, 0.2) is 0 Å². The van der Waals surface area contributed by atoms with Gasteiger partial charge in [-0.2, -0.15) is 0 Å². The van der Waals surface area contributed by atoms with E-state index in [0.29, 0.717) is 6.61 Å². The van der Waals surface area contributed by atoms with Crippen LogP contribution in [-0.2, 0) is 15.1 Å². The molecule has 1 aromatic carbocycles.